The summed E-state index contributed by atoms with van der Waals surface area (Å²) in [4.78, 5) is 6.87. The van der Waals surface area contributed by atoms with Crippen molar-refractivity contribution in [2.45, 2.75) is 32.4 Å². The van der Waals surface area contributed by atoms with Gasteiger partial charge in [-0.1, -0.05) is 36.4 Å². The minimum atomic E-state index is 0.420. The third-order valence-electron chi connectivity index (χ3n) is 6.42. The standard InChI is InChI=1S/C29H36N6O2/c30-12-5-15-33-18-20-34(16-6-13-31)24-26-8-1-3-10-28(26)36-22-23-37-29-11-4-2-9-27(29)25-35(21-19-33)17-7-14-32/h1-4,8-11H,5-7,15-25H2. The maximum atomic E-state index is 9.22. The van der Waals surface area contributed by atoms with E-state index in [1.807, 2.05) is 36.4 Å². The Balaban J connectivity index is 1.85. The predicted molar refractivity (Wildman–Crippen MR) is 142 cm³/mol. The number of fused-ring (bicyclic) bond motifs is 2. The lowest BCUT2D eigenvalue weighted by atomic mass is 10.1. The van der Waals surface area contributed by atoms with Crippen molar-refractivity contribution in [3.63, 3.8) is 0 Å². The molecule has 0 saturated carbocycles. The van der Waals surface area contributed by atoms with Crippen LogP contribution in [0, 0.1) is 34.0 Å². The normalized spacial score (nSPS) is 16.5. The number of hydrogen-bond acceptors (Lipinski definition) is 8. The van der Waals surface area contributed by atoms with Crippen LogP contribution in [-0.4, -0.2) is 73.7 Å². The van der Waals surface area contributed by atoms with Gasteiger partial charge in [0.1, 0.15) is 24.7 Å². The van der Waals surface area contributed by atoms with E-state index in [0.717, 1.165) is 48.8 Å². The zero-order valence-electron chi connectivity index (χ0n) is 21.5. The molecule has 0 amide bonds. The largest absolute Gasteiger partial charge is 0.490 e. The third-order valence-corrected chi connectivity index (χ3v) is 6.42. The van der Waals surface area contributed by atoms with Gasteiger partial charge in [-0.25, -0.2) is 0 Å². The summed E-state index contributed by atoms with van der Waals surface area (Å²) in [6, 6.07) is 22.9. The van der Waals surface area contributed by atoms with Gasteiger partial charge >= 0.3 is 0 Å². The minimum Gasteiger partial charge on any atom is -0.490 e. The van der Waals surface area contributed by atoms with E-state index < -0.39 is 0 Å². The van der Waals surface area contributed by atoms with E-state index in [9.17, 15) is 15.8 Å². The zero-order valence-corrected chi connectivity index (χ0v) is 21.5. The van der Waals surface area contributed by atoms with Crippen LogP contribution in [0.1, 0.15) is 30.4 Å². The fourth-order valence-corrected chi connectivity index (χ4v) is 4.40. The fraction of sp³-hybridized carbons (Fsp3) is 0.483. The Hall–Kier alpha value is -3.61. The zero-order chi connectivity index (χ0) is 26.1. The molecule has 0 fully saturated rings. The van der Waals surface area contributed by atoms with Crippen molar-refractivity contribution in [2.75, 3.05) is 59.0 Å². The molecule has 0 aromatic heterocycles. The van der Waals surface area contributed by atoms with Gasteiger partial charge in [0.2, 0.25) is 0 Å². The highest BCUT2D eigenvalue weighted by atomic mass is 16.5. The summed E-state index contributed by atoms with van der Waals surface area (Å²) in [6.07, 6.45) is 1.37. The number of para-hydroxylation sites is 2. The average Bonchev–Trinajstić information content (AvgIpc) is 2.92. The van der Waals surface area contributed by atoms with E-state index >= 15 is 0 Å². The van der Waals surface area contributed by atoms with Gasteiger partial charge in [-0.2, -0.15) is 15.8 Å². The molecule has 3 rings (SSSR count). The highest BCUT2D eigenvalue weighted by Crippen LogP contribution is 2.22. The average molecular weight is 501 g/mol. The van der Waals surface area contributed by atoms with E-state index in [0.29, 0.717) is 65.2 Å². The van der Waals surface area contributed by atoms with Crippen molar-refractivity contribution in [2.24, 2.45) is 0 Å². The molecule has 1 aliphatic heterocycles. The van der Waals surface area contributed by atoms with Crippen molar-refractivity contribution in [1.82, 2.24) is 14.7 Å². The molecule has 2 aromatic rings. The van der Waals surface area contributed by atoms with Crippen molar-refractivity contribution < 1.29 is 9.47 Å². The van der Waals surface area contributed by atoms with Gasteiger partial charge in [0.25, 0.3) is 0 Å². The first-order chi connectivity index (χ1) is 18.2. The topological polar surface area (TPSA) is 99.6 Å². The van der Waals surface area contributed by atoms with E-state index in [1.165, 1.54) is 0 Å². The summed E-state index contributed by atoms with van der Waals surface area (Å²) in [5.41, 5.74) is 2.16. The molecule has 37 heavy (non-hydrogen) atoms. The molecule has 0 atom stereocenters. The molecule has 0 spiro atoms. The molecule has 2 aromatic carbocycles. The second-order valence-corrected chi connectivity index (χ2v) is 9.03. The minimum absolute atomic E-state index is 0.420. The van der Waals surface area contributed by atoms with Crippen molar-refractivity contribution in [3.8, 4) is 29.7 Å². The molecule has 0 aliphatic carbocycles. The molecular weight excluding hydrogens is 464 g/mol. The van der Waals surface area contributed by atoms with Crippen LogP contribution in [0.5, 0.6) is 11.5 Å². The van der Waals surface area contributed by atoms with Gasteiger partial charge in [-0.15, -0.1) is 0 Å². The van der Waals surface area contributed by atoms with Crippen molar-refractivity contribution in [3.05, 3.63) is 59.7 Å². The van der Waals surface area contributed by atoms with Gasteiger partial charge in [0, 0.05) is 89.3 Å². The molecule has 0 saturated heterocycles. The number of ether oxygens (including phenoxy) is 2. The molecule has 0 radical (unpaired) electrons. The van der Waals surface area contributed by atoms with Crippen LogP contribution >= 0.6 is 0 Å². The Morgan fingerprint density at radius 2 is 0.946 bits per heavy atom. The Labute approximate surface area is 220 Å². The lowest BCUT2D eigenvalue weighted by Crippen LogP contribution is -2.40. The summed E-state index contributed by atoms with van der Waals surface area (Å²) in [5.74, 6) is 1.66. The van der Waals surface area contributed by atoms with E-state index in [1.54, 1.807) is 0 Å². The first-order valence-electron chi connectivity index (χ1n) is 12.9. The molecular formula is C29H36N6O2. The molecule has 194 valence electrons. The van der Waals surface area contributed by atoms with Crippen LogP contribution in [0.25, 0.3) is 0 Å². The summed E-state index contributed by atoms with van der Waals surface area (Å²) in [7, 11) is 0. The smallest absolute Gasteiger partial charge is 0.123 e. The number of rotatable bonds is 6. The van der Waals surface area contributed by atoms with Gasteiger partial charge in [0.15, 0.2) is 0 Å². The molecule has 8 nitrogen and oxygen atoms in total. The van der Waals surface area contributed by atoms with Crippen LogP contribution in [0.3, 0.4) is 0 Å². The third kappa shape index (κ3) is 9.75. The number of nitrogens with zero attached hydrogens (tertiary/aromatic N) is 6. The van der Waals surface area contributed by atoms with E-state index in [-0.39, 0.29) is 0 Å². The lowest BCUT2D eigenvalue weighted by Gasteiger charge is -2.29. The van der Waals surface area contributed by atoms with Crippen LogP contribution in [0.4, 0.5) is 0 Å². The van der Waals surface area contributed by atoms with Crippen molar-refractivity contribution in [1.29, 1.82) is 15.8 Å². The van der Waals surface area contributed by atoms with Gasteiger partial charge in [-0.3, -0.25) is 14.7 Å². The van der Waals surface area contributed by atoms with Crippen LogP contribution in [-0.2, 0) is 13.1 Å². The molecule has 0 bridgehead atoms. The molecule has 8 heteroatoms. The van der Waals surface area contributed by atoms with Gasteiger partial charge < -0.3 is 9.47 Å². The summed E-state index contributed by atoms with van der Waals surface area (Å²) in [5, 5.41) is 27.6. The molecule has 1 heterocycles. The SMILES string of the molecule is N#CCCN1CCN(CCC#N)Cc2ccccc2OCCOc2ccccc2CN(CCC#N)CC1. The maximum Gasteiger partial charge on any atom is 0.123 e. The first-order valence-corrected chi connectivity index (χ1v) is 12.9. The van der Waals surface area contributed by atoms with E-state index in [4.69, 9.17) is 9.47 Å². The number of benzene rings is 2. The monoisotopic (exact) mass is 500 g/mol. The Kier molecular flexibility index (Phi) is 12.2. The van der Waals surface area contributed by atoms with Crippen molar-refractivity contribution >= 4 is 0 Å². The van der Waals surface area contributed by atoms with Gasteiger partial charge in [-0.05, 0) is 12.1 Å². The van der Waals surface area contributed by atoms with Crippen LogP contribution in [0.15, 0.2) is 48.5 Å². The number of nitriles is 3. The van der Waals surface area contributed by atoms with E-state index in [2.05, 4.69) is 45.0 Å². The Morgan fingerprint density at radius 1 is 0.568 bits per heavy atom. The summed E-state index contributed by atoms with van der Waals surface area (Å²) >= 11 is 0. The quantitative estimate of drug-likeness (QED) is 0.590. The summed E-state index contributed by atoms with van der Waals surface area (Å²) in [6.45, 7) is 7.39. The lowest BCUT2D eigenvalue weighted by molar-refractivity contribution is 0.172. The first kappa shape index (κ1) is 28.0. The highest BCUT2D eigenvalue weighted by molar-refractivity contribution is 5.34. The van der Waals surface area contributed by atoms with Gasteiger partial charge in [0.05, 0.1) is 18.2 Å². The Morgan fingerprint density at radius 3 is 1.38 bits per heavy atom. The van der Waals surface area contributed by atoms with Crippen LogP contribution in [0.2, 0.25) is 0 Å². The van der Waals surface area contributed by atoms with Crippen LogP contribution < -0.4 is 9.47 Å². The molecule has 1 aliphatic rings. The Bertz CT molecular complexity index is 1010. The summed E-state index contributed by atoms with van der Waals surface area (Å²) < 4.78 is 12.2. The molecule has 0 N–H and O–H groups in total. The highest BCUT2D eigenvalue weighted by Gasteiger charge is 2.16. The fourth-order valence-electron chi connectivity index (χ4n) is 4.40. The second-order valence-electron chi connectivity index (χ2n) is 9.03. The second kappa shape index (κ2) is 16.2. The molecule has 0 unspecified atom stereocenters. The predicted octanol–water partition coefficient (Wildman–Crippen LogP) is 3.81. The maximum absolute atomic E-state index is 9.22. The number of hydrogen-bond donors (Lipinski definition) is 0.